The van der Waals surface area contributed by atoms with E-state index in [1.807, 2.05) is 6.92 Å². The molecule has 0 unspecified atom stereocenters. The van der Waals surface area contributed by atoms with Crippen molar-refractivity contribution in [2.75, 3.05) is 0 Å². The average Bonchev–Trinajstić information content (AvgIpc) is 2.36. The van der Waals surface area contributed by atoms with Gasteiger partial charge < -0.3 is 10.2 Å². The molecular formula is C20H34O2. The van der Waals surface area contributed by atoms with Crippen molar-refractivity contribution in [3.63, 3.8) is 0 Å². The molecule has 0 aromatic rings. The fourth-order valence-electron chi connectivity index (χ4n) is 5.39. The summed E-state index contributed by atoms with van der Waals surface area (Å²) in [4.78, 5) is 0. The summed E-state index contributed by atoms with van der Waals surface area (Å²) in [6.07, 6.45) is 7.39. The van der Waals surface area contributed by atoms with Crippen LogP contribution in [-0.4, -0.2) is 21.9 Å². The molecule has 1 saturated carbocycles. The smallest absolute Gasteiger partial charge is 0.0800 e. The predicted octanol–water partition coefficient (Wildman–Crippen LogP) is 4.62. The molecule has 22 heavy (non-hydrogen) atoms. The van der Waals surface area contributed by atoms with Crippen molar-refractivity contribution in [2.24, 2.45) is 16.7 Å². The monoisotopic (exact) mass is 306 g/mol. The van der Waals surface area contributed by atoms with Crippen LogP contribution < -0.4 is 0 Å². The van der Waals surface area contributed by atoms with E-state index in [2.05, 4.69) is 34.3 Å². The summed E-state index contributed by atoms with van der Waals surface area (Å²) < 4.78 is 0. The molecule has 2 heteroatoms. The molecule has 2 rings (SSSR count). The van der Waals surface area contributed by atoms with Crippen LogP contribution in [0, 0.1) is 16.7 Å². The molecule has 0 saturated heterocycles. The van der Waals surface area contributed by atoms with E-state index in [1.54, 1.807) is 6.08 Å². The topological polar surface area (TPSA) is 40.5 Å². The third-order valence-electron chi connectivity index (χ3n) is 6.47. The van der Waals surface area contributed by atoms with Gasteiger partial charge in [0.25, 0.3) is 0 Å². The molecule has 0 bridgehead atoms. The Hall–Kier alpha value is -0.600. The molecule has 0 spiro atoms. The number of aliphatic hydroxyl groups excluding tert-OH is 1. The van der Waals surface area contributed by atoms with Gasteiger partial charge in [0, 0.05) is 0 Å². The summed E-state index contributed by atoms with van der Waals surface area (Å²) in [5, 5.41) is 21.1. The first-order chi connectivity index (χ1) is 10.0. The van der Waals surface area contributed by atoms with Gasteiger partial charge in [-0.05, 0) is 62.7 Å². The van der Waals surface area contributed by atoms with E-state index in [-0.39, 0.29) is 16.9 Å². The Morgan fingerprint density at radius 2 is 1.95 bits per heavy atom. The van der Waals surface area contributed by atoms with Gasteiger partial charge in [0.2, 0.25) is 0 Å². The molecule has 2 aliphatic rings. The lowest BCUT2D eigenvalue weighted by molar-refractivity contribution is -0.0746. The van der Waals surface area contributed by atoms with Crippen molar-refractivity contribution >= 4 is 0 Å². The molecular weight excluding hydrogens is 272 g/mol. The van der Waals surface area contributed by atoms with Crippen molar-refractivity contribution in [1.29, 1.82) is 0 Å². The minimum atomic E-state index is -0.806. The van der Waals surface area contributed by atoms with E-state index in [0.717, 1.165) is 19.3 Å². The second-order valence-corrected chi connectivity index (χ2v) is 8.83. The molecule has 0 amide bonds. The number of aliphatic hydroxyl groups is 2. The maximum Gasteiger partial charge on any atom is 0.0800 e. The summed E-state index contributed by atoms with van der Waals surface area (Å²) in [6.45, 7) is 14.7. The summed E-state index contributed by atoms with van der Waals surface area (Å²) in [5.74, 6) is 0.320. The van der Waals surface area contributed by atoms with Gasteiger partial charge in [-0.1, -0.05) is 44.4 Å². The minimum absolute atomic E-state index is 0.0702. The van der Waals surface area contributed by atoms with E-state index in [4.69, 9.17) is 0 Å². The molecule has 0 aromatic heterocycles. The highest BCUT2D eigenvalue weighted by atomic mass is 16.3. The molecule has 0 aliphatic heterocycles. The Labute approximate surface area is 136 Å². The lowest BCUT2D eigenvalue weighted by atomic mass is 9.49. The van der Waals surface area contributed by atoms with Crippen LogP contribution in [0.2, 0.25) is 0 Å². The first kappa shape index (κ1) is 17.7. The number of allylic oxidation sites excluding steroid dienone is 1. The van der Waals surface area contributed by atoms with Crippen molar-refractivity contribution in [3.05, 3.63) is 23.8 Å². The maximum atomic E-state index is 10.8. The van der Waals surface area contributed by atoms with Crippen molar-refractivity contribution in [2.45, 2.75) is 84.8 Å². The maximum absolute atomic E-state index is 10.8. The minimum Gasteiger partial charge on any atom is -0.392 e. The van der Waals surface area contributed by atoms with E-state index >= 15 is 0 Å². The van der Waals surface area contributed by atoms with E-state index in [0.29, 0.717) is 12.3 Å². The van der Waals surface area contributed by atoms with Gasteiger partial charge in [-0.15, -0.1) is 6.58 Å². The summed E-state index contributed by atoms with van der Waals surface area (Å²) >= 11 is 0. The molecule has 4 atom stereocenters. The van der Waals surface area contributed by atoms with Crippen LogP contribution in [0.3, 0.4) is 0 Å². The molecule has 1 fully saturated rings. The van der Waals surface area contributed by atoms with Gasteiger partial charge in [0.05, 0.1) is 11.7 Å². The Morgan fingerprint density at radius 3 is 2.55 bits per heavy atom. The Balaban J connectivity index is 2.35. The first-order valence-electron chi connectivity index (χ1n) is 8.77. The Kier molecular flexibility index (Phi) is 4.68. The van der Waals surface area contributed by atoms with Gasteiger partial charge in [0.15, 0.2) is 0 Å². The Bertz CT molecular complexity index is 472. The SMILES string of the molecule is C=C[C@@](C)(O)CCC1=C(C)C[C@H](O)[C@H]2C(C)(C)CCC[C@]12C. The van der Waals surface area contributed by atoms with Crippen LogP contribution in [0.4, 0.5) is 0 Å². The summed E-state index contributed by atoms with van der Waals surface area (Å²) in [5.41, 5.74) is 2.26. The average molecular weight is 306 g/mol. The molecule has 2 aliphatic carbocycles. The fraction of sp³-hybridized carbons (Fsp3) is 0.800. The highest BCUT2D eigenvalue weighted by molar-refractivity contribution is 5.29. The fourth-order valence-corrected chi connectivity index (χ4v) is 5.39. The van der Waals surface area contributed by atoms with Crippen LogP contribution in [-0.2, 0) is 0 Å². The van der Waals surface area contributed by atoms with Gasteiger partial charge in [-0.2, -0.15) is 0 Å². The van der Waals surface area contributed by atoms with Crippen LogP contribution in [0.1, 0.15) is 73.1 Å². The summed E-state index contributed by atoms with van der Waals surface area (Å²) in [7, 11) is 0. The zero-order chi connectivity index (χ0) is 16.8. The molecule has 126 valence electrons. The second kappa shape index (κ2) is 5.79. The normalized spacial score (nSPS) is 37.4. The zero-order valence-electron chi connectivity index (χ0n) is 15.1. The summed E-state index contributed by atoms with van der Waals surface area (Å²) in [6, 6.07) is 0. The third kappa shape index (κ3) is 3.05. The molecule has 0 radical (unpaired) electrons. The highest BCUT2D eigenvalue weighted by Crippen LogP contribution is 2.60. The second-order valence-electron chi connectivity index (χ2n) is 8.83. The van der Waals surface area contributed by atoms with E-state index in [9.17, 15) is 10.2 Å². The van der Waals surface area contributed by atoms with Crippen LogP contribution in [0.15, 0.2) is 23.8 Å². The standard InChI is InChI=1S/C20H34O2/c1-7-19(5,22)12-9-15-14(2)13-16(21)17-18(3,4)10-8-11-20(15,17)6/h7,16-17,21-22H,1,8-13H2,2-6H3/t16-,17-,19+,20+/m0/s1. The lowest BCUT2D eigenvalue weighted by Gasteiger charge is -2.57. The molecule has 2 nitrogen and oxygen atoms in total. The number of hydrogen-bond donors (Lipinski definition) is 2. The molecule has 2 N–H and O–H groups in total. The number of hydrogen-bond acceptors (Lipinski definition) is 2. The zero-order valence-corrected chi connectivity index (χ0v) is 15.1. The van der Waals surface area contributed by atoms with Crippen LogP contribution in [0.25, 0.3) is 0 Å². The van der Waals surface area contributed by atoms with Crippen molar-refractivity contribution < 1.29 is 10.2 Å². The molecule has 0 heterocycles. The van der Waals surface area contributed by atoms with Crippen molar-refractivity contribution in [3.8, 4) is 0 Å². The molecule has 0 aromatic carbocycles. The van der Waals surface area contributed by atoms with Gasteiger partial charge in [0.1, 0.15) is 0 Å². The highest BCUT2D eigenvalue weighted by Gasteiger charge is 2.53. The first-order valence-corrected chi connectivity index (χ1v) is 8.77. The third-order valence-corrected chi connectivity index (χ3v) is 6.47. The van der Waals surface area contributed by atoms with Crippen LogP contribution in [0.5, 0.6) is 0 Å². The van der Waals surface area contributed by atoms with Gasteiger partial charge in [-0.3, -0.25) is 0 Å². The predicted molar refractivity (Wildman–Crippen MR) is 92.6 cm³/mol. The largest absolute Gasteiger partial charge is 0.392 e. The van der Waals surface area contributed by atoms with Crippen molar-refractivity contribution in [1.82, 2.24) is 0 Å². The number of rotatable bonds is 4. The van der Waals surface area contributed by atoms with Gasteiger partial charge >= 0.3 is 0 Å². The number of fused-ring (bicyclic) bond motifs is 1. The van der Waals surface area contributed by atoms with Gasteiger partial charge in [-0.25, -0.2) is 0 Å². The quantitative estimate of drug-likeness (QED) is 0.744. The van der Waals surface area contributed by atoms with E-state index < -0.39 is 5.60 Å². The van der Waals surface area contributed by atoms with Crippen LogP contribution >= 0.6 is 0 Å². The Morgan fingerprint density at radius 1 is 1.32 bits per heavy atom. The van der Waals surface area contributed by atoms with E-state index in [1.165, 1.54) is 24.0 Å². The lowest BCUT2D eigenvalue weighted by Crippen LogP contribution is -2.52.